The molecule has 0 bridgehead atoms. The first-order chi connectivity index (χ1) is 9.35. The van der Waals surface area contributed by atoms with Gasteiger partial charge in [0.1, 0.15) is 5.75 Å². The Labute approximate surface area is 127 Å². The Bertz CT molecular complexity index is 618. The lowest BCUT2D eigenvalue weighted by Crippen LogP contribution is -2.38. The number of ether oxygens (including phenoxy) is 1. The van der Waals surface area contributed by atoms with E-state index in [1.54, 1.807) is 12.1 Å². The van der Waals surface area contributed by atoms with Crippen LogP contribution in [-0.4, -0.2) is 38.5 Å². The molecule has 1 N–H and O–H groups in total. The van der Waals surface area contributed by atoms with Crippen LogP contribution >= 0.6 is 23.2 Å². The molecule has 1 saturated heterocycles. The Morgan fingerprint density at radius 2 is 2.15 bits per heavy atom. The van der Waals surface area contributed by atoms with Crippen LogP contribution in [0.25, 0.3) is 0 Å². The Hall–Kier alpha value is -0.980. The van der Waals surface area contributed by atoms with Crippen LogP contribution in [0.4, 0.5) is 0 Å². The molecular formula is C12H13Cl2NO4S. The molecule has 5 nitrogen and oxygen atoms in total. The number of benzene rings is 1. The summed E-state index contributed by atoms with van der Waals surface area (Å²) in [6.45, 7) is -0.239. The number of carbonyl (C=O) groups is 1. The van der Waals surface area contributed by atoms with Gasteiger partial charge < -0.3 is 10.1 Å². The van der Waals surface area contributed by atoms with E-state index < -0.39 is 9.84 Å². The second-order valence-electron chi connectivity index (χ2n) is 4.53. The summed E-state index contributed by atoms with van der Waals surface area (Å²) < 4.78 is 27.8. The normalized spacial score (nSPS) is 20.6. The Balaban J connectivity index is 1.85. The van der Waals surface area contributed by atoms with E-state index in [9.17, 15) is 13.2 Å². The largest absolute Gasteiger partial charge is 0.482 e. The van der Waals surface area contributed by atoms with Gasteiger partial charge in [-0.1, -0.05) is 23.2 Å². The Morgan fingerprint density at radius 3 is 2.80 bits per heavy atom. The fraction of sp³-hybridized carbons (Fsp3) is 0.417. The molecule has 1 aromatic rings. The van der Waals surface area contributed by atoms with Crippen molar-refractivity contribution < 1.29 is 17.9 Å². The van der Waals surface area contributed by atoms with Crippen molar-refractivity contribution in [1.82, 2.24) is 5.32 Å². The van der Waals surface area contributed by atoms with Crippen molar-refractivity contribution in [3.63, 3.8) is 0 Å². The number of amides is 1. The van der Waals surface area contributed by atoms with Crippen molar-refractivity contribution in [2.75, 3.05) is 18.1 Å². The first-order valence-electron chi connectivity index (χ1n) is 5.93. The van der Waals surface area contributed by atoms with E-state index >= 15 is 0 Å². The third-order valence-corrected chi connectivity index (χ3v) is 5.16. The van der Waals surface area contributed by atoms with Gasteiger partial charge in [0, 0.05) is 17.1 Å². The number of sulfone groups is 1. The topological polar surface area (TPSA) is 72.5 Å². The molecule has 0 spiro atoms. The number of nitrogens with one attached hydrogen (secondary N) is 1. The van der Waals surface area contributed by atoms with Crippen LogP contribution in [0, 0.1) is 0 Å². The minimum absolute atomic E-state index is 0.0172. The zero-order valence-corrected chi connectivity index (χ0v) is 12.8. The predicted molar refractivity (Wildman–Crippen MR) is 77.2 cm³/mol. The molecule has 20 heavy (non-hydrogen) atoms. The molecule has 1 fully saturated rings. The molecule has 110 valence electrons. The second kappa shape index (κ2) is 6.20. The van der Waals surface area contributed by atoms with Crippen molar-refractivity contribution in [3.8, 4) is 5.75 Å². The molecule has 0 aromatic heterocycles. The molecular weight excluding hydrogens is 325 g/mol. The number of carbonyl (C=O) groups excluding carboxylic acids is 1. The van der Waals surface area contributed by atoms with Gasteiger partial charge in [-0.25, -0.2) is 8.42 Å². The third-order valence-electron chi connectivity index (χ3n) is 2.85. The summed E-state index contributed by atoms with van der Waals surface area (Å²) >= 11 is 11.7. The van der Waals surface area contributed by atoms with E-state index in [1.165, 1.54) is 6.07 Å². The van der Waals surface area contributed by atoms with Crippen molar-refractivity contribution in [1.29, 1.82) is 0 Å². The van der Waals surface area contributed by atoms with E-state index in [2.05, 4.69) is 5.32 Å². The van der Waals surface area contributed by atoms with Gasteiger partial charge in [-0.15, -0.1) is 0 Å². The standard InChI is InChI=1S/C12H13Cl2NO4S/c13-8-1-2-10(14)11(5-8)19-6-12(16)15-9-3-4-20(17,18)7-9/h1-2,5,9H,3-4,6-7H2,(H,15,16). The van der Waals surface area contributed by atoms with E-state index in [-0.39, 0.29) is 30.1 Å². The lowest BCUT2D eigenvalue weighted by Gasteiger charge is -2.12. The van der Waals surface area contributed by atoms with Crippen LogP contribution in [0.5, 0.6) is 5.75 Å². The van der Waals surface area contributed by atoms with E-state index in [1.807, 2.05) is 0 Å². The molecule has 1 aliphatic heterocycles. The molecule has 1 heterocycles. The van der Waals surface area contributed by atoms with Gasteiger partial charge in [0.25, 0.3) is 5.91 Å². The molecule has 1 unspecified atom stereocenters. The summed E-state index contributed by atoms with van der Waals surface area (Å²) in [5.41, 5.74) is 0. The van der Waals surface area contributed by atoms with Crippen molar-refractivity contribution >= 4 is 38.9 Å². The van der Waals surface area contributed by atoms with Crippen LogP contribution in [0.1, 0.15) is 6.42 Å². The highest BCUT2D eigenvalue weighted by molar-refractivity contribution is 7.91. The highest BCUT2D eigenvalue weighted by Crippen LogP contribution is 2.27. The average Bonchev–Trinajstić information content (AvgIpc) is 2.70. The molecule has 1 atom stereocenters. The van der Waals surface area contributed by atoms with Crippen LogP contribution in [0.2, 0.25) is 10.0 Å². The van der Waals surface area contributed by atoms with Crippen LogP contribution < -0.4 is 10.1 Å². The van der Waals surface area contributed by atoms with Crippen molar-refractivity contribution in [3.05, 3.63) is 28.2 Å². The van der Waals surface area contributed by atoms with Crippen LogP contribution in [0.15, 0.2) is 18.2 Å². The zero-order valence-electron chi connectivity index (χ0n) is 10.4. The van der Waals surface area contributed by atoms with Gasteiger partial charge >= 0.3 is 0 Å². The molecule has 0 aliphatic carbocycles. The fourth-order valence-corrected chi connectivity index (χ4v) is 3.92. The molecule has 1 aromatic carbocycles. The van der Waals surface area contributed by atoms with E-state index in [0.717, 1.165) is 0 Å². The Kier molecular flexibility index (Phi) is 4.78. The molecule has 0 saturated carbocycles. The molecule has 1 amide bonds. The Morgan fingerprint density at radius 1 is 1.40 bits per heavy atom. The molecule has 1 aliphatic rings. The summed E-state index contributed by atoms with van der Waals surface area (Å²) in [5.74, 6) is 0.0202. The first-order valence-corrected chi connectivity index (χ1v) is 8.51. The third kappa shape index (κ3) is 4.26. The zero-order chi connectivity index (χ0) is 14.8. The number of rotatable bonds is 4. The highest BCUT2D eigenvalue weighted by Gasteiger charge is 2.28. The summed E-state index contributed by atoms with van der Waals surface area (Å²) in [6.07, 6.45) is 0.437. The quantitative estimate of drug-likeness (QED) is 0.907. The smallest absolute Gasteiger partial charge is 0.258 e. The summed E-state index contributed by atoms with van der Waals surface area (Å²) in [7, 11) is -3.01. The monoisotopic (exact) mass is 337 g/mol. The number of halogens is 2. The summed E-state index contributed by atoms with van der Waals surface area (Å²) in [5, 5.41) is 3.42. The maximum absolute atomic E-state index is 11.7. The minimum Gasteiger partial charge on any atom is -0.482 e. The van der Waals surface area contributed by atoms with E-state index in [4.69, 9.17) is 27.9 Å². The fourth-order valence-electron chi connectivity index (χ4n) is 1.91. The molecule has 2 rings (SSSR count). The van der Waals surface area contributed by atoms with Crippen LogP contribution in [-0.2, 0) is 14.6 Å². The van der Waals surface area contributed by atoms with Gasteiger partial charge in [0.15, 0.2) is 16.4 Å². The summed E-state index contributed by atoms with van der Waals surface area (Å²) in [6, 6.07) is 4.35. The molecule has 0 radical (unpaired) electrons. The predicted octanol–water partition coefficient (Wildman–Crippen LogP) is 1.68. The van der Waals surface area contributed by atoms with Crippen molar-refractivity contribution in [2.24, 2.45) is 0 Å². The van der Waals surface area contributed by atoms with Crippen molar-refractivity contribution in [2.45, 2.75) is 12.5 Å². The summed E-state index contributed by atoms with van der Waals surface area (Å²) in [4.78, 5) is 11.7. The number of hydrogen-bond acceptors (Lipinski definition) is 4. The first kappa shape index (κ1) is 15.4. The van der Waals surface area contributed by atoms with Gasteiger partial charge in [-0.2, -0.15) is 0 Å². The molecule has 8 heteroatoms. The van der Waals surface area contributed by atoms with E-state index in [0.29, 0.717) is 22.2 Å². The lowest BCUT2D eigenvalue weighted by molar-refractivity contribution is -0.123. The van der Waals surface area contributed by atoms with Gasteiger partial charge in [0.2, 0.25) is 0 Å². The van der Waals surface area contributed by atoms with Gasteiger partial charge in [0.05, 0.1) is 16.5 Å². The number of hydrogen-bond donors (Lipinski definition) is 1. The SMILES string of the molecule is O=C(COc1cc(Cl)ccc1Cl)NC1CCS(=O)(=O)C1. The van der Waals surface area contributed by atoms with Gasteiger partial charge in [-0.05, 0) is 18.6 Å². The lowest BCUT2D eigenvalue weighted by atomic mass is 10.2. The second-order valence-corrected chi connectivity index (χ2v) is 7.60. The van der Waals surface area contributed by atoms with Gasteiger partial charge in [-0.3, -0.25) is 4.79 Å². The minimum atomic E-state index is -3.01. The maximum Gasteiger partial charge on any atom is 0.258 e. The average molecular weight is 338 g/mol. The van der Waals surface area contributed by atoms with Crippen LogP contribution in [0.3, 0.4) is 0 Å². The maximum atomic E-state index is 11.7. The highest BCUT2D eigenvalue weighted by atomic mass is 35.5.